The molecule has 2 N–H and O–H groups in total. The number of urea groups is 1. The van der Waals surface area contributed by atoms with Gasteiger partial charge in [0.25, 0.3) is 5.91 Å². The largest absolute Gasteiger partial charge is 0.497 e. The normalized spacial score (nSPS) is 19.9. The number of carbonyl (C=O) groups is 3. The number of fused-ring (bicyclic) bond motifs is 1. The van der Waals surface area contributed by atoms with E-state index in [0.29, 0.717) is 28.5 Å². The second-order valence-electron chi connectivity index (χ2n) is 6.79. The molecule has 2 aliphatic rings. The van der Waals surface area contributed by atoms with Gasteiger partial charge in [0.2, 0.25) is 12.7 Å². The first-order valence-corrected chi connectivity index (χ1v) is 8.89. The molecule has 9 heteroatoms. The average molecular weight is 397 g/mol. The first-order valence-electron chi connectivity index (χ1n) is 8.89. The van der Waals surface area contributed by atoms with Crippen LogP contribution in [-0.4, -0.2) is 43.2 Å². The monoisotopic (exact) mass is 397 g/mol. The third-order valence-corrected chi connectivity index (χ3v) is 4.88. The Bertz CT molecular complexity index is 1010. The standard InChI is InChI=1S/C20H19N3O6/c1-20(12-6-7-15-16(8-12)29-11-28-15)18(25)23(19(26)22-20)10-17(24)21-13-4-3-5-14(9-13)27-2/h3-9H,10-11H2,1-2H3,(H,21,24)(H,22,26)/t20-/m1/s1. The number of anilines is 1. The fourth-order valence-electron chi connectivity index (χ4n) is 3.29. The van der Waals surface area contributed by atoms with Crippen LogP contribution < -0.4 is 24.8 Å². The van der Waals surface area contributed by atoms with Crippen molar-refractivity contribution in [2.75, 3.05) is 25.8 Å². The summed E-state index contributed by atoms with van der Waals surface area (Å²) < 4.78 is 15.7. The third kappa shape index (κ3) is 3.31. The highest BCUT2D eigenvalue weighted by Gasteiger charge is 2.49. The summed E-state index contributed by atoms with van der Waals surface area (Å²) in [5.74, 6) is 0.621. The molecule has 0 saturated carbocycles. The van der Waals surface area contributed by atoms with Crippen LogP contribution in [0.4, 0.5) is 10.5 Å². The number of nitrogens with zero attached hydrogens (tertiary/aromatic N) is 1. The summed E-state index contributed by atoms with van der Waals surface area (Å²) >= 11 is 0. The quantitative estimate of drug-likeness (QED) is 0.746. The zero-order valence-electron chi connectivity index (χ0n) is 15.9. The summed E-state index contributed by atoms with van der Waals surface area (Å²) in [6.45, 7) is 1.28. The lowest BCUT2D eigenvalue weighted by molar-refractivity contribution is -0.133. The maximum absolute atomic E-state index is 13.0. The lowest BCUT2D eigenvalue weighted by Crippen LogP contribution is -2.42. The van der Waals surface area contributed by atoms with Gasteiger partial charge in [-0.25, -0.2) is 4.79 Å². The van der Waals surface area contributed by atoms with Gasteiger partial charge in [0.15, 0.2) is 11.5 Å². The predicted octanol–water partition coefficient (Wildman–Crippen LogP) is 1.83. The third-order valence-electron chi connectivity index (χ3n) is 4.88. The summed E-state index contributed by atoms with van der Waals surface area (Å²) in [5.41, 5.74) is -0.273. The van der Waals surface area contributed by atoms with Gasteiger partial charge >= 0.3 is 6.03 Å². The van der Waals surface area contributed by atoms with Crippen LogP contribution in [0.5, 0.6) is 17.2 Å². The van der Waals surface area contributed by atoms with Gasteiger partial charge in [-0.2, -0.15) is 0 Å². The molecule has 2 heterocycles. The number of methoxy groups -OCH3 is 1. The van der Waals surface area contributed by atoms with Crippen LogP contribution in [0.3, 0.4) is 0 Å². The van der Waals surface area contributed by atoms with Gasteiger partial charge in [0.05, 0.1) is 7.11 Å². The molecule has 150 valence electrons. The second-order valence-corrected chi connectivity index (χ2v) is 6.79. The maximum atomic E-state index is 13.0. The van der Waals surface area contributed by atoms with Crippen molar-refractivity contribution in [1.29, 1.82) is 0 Å². The van der Waals surface area contributed by atoms with E-state index in [1.807, 2.05) is 0 Å². The molecule has 0 aliphatic carbocycles. The van der Waals surface area contributed by atoms with Crippen molar-refractivity contribution in [3.05, 3.63) is 48.0 Å². The lowest BCUT2D eigenvalue weighted by Gasteiger charge is -2.22. The van der Waals surface area contributed by atoms with Crippen LogP contribution in [0, 0.1) is 0 Å². The minimum absolute atomic E-state index is 0.104. The van der Waals surface area contributed by atoms with Crippen molar-refractivity contribution in [2.24, 2.45) is 0 Å². The van der Waals surface area contributed by atoms with Crippen LogP contribution in [0.1, 0.15) is 12.5 Å². The highest BCUT2D eigenvalue weighted by atomic mass is 16.7. The van der Waals surface area contributed by atoms with E-state index in [1.54, 1.807) is 49.4 Å². The minimum Gasteiger partial charge on any atom is -0.497 e. The molecule has 4 rings (SSSR count). The average Bonchev–Trinajstić information content (AvgIpc) is 3.26. The van der Waals surface area contributed by atoms with Crippen molar-refractivity contribution in [1.82, 2.24) is 10.2 Å². The van der Waals surface area contributed by atoms with Crippen LogP contribution >= 0.6 is 0 Å². The Morgan fingerprint density at radius 1 is 1.21 bits per heavy atom. The number of hydrogen-bond acceptors (Lipinski definition) is 6. The van der Waals surface area contributed by atoms with Crippen LogP contribution in [0.15, 0.2) is 42.5 Å². The number of nitrogens with one attached hydrogen (secondary N) is 2. The molecular weight excluding hydrogens is 378 g/mol. The van der Waals surface area contributed by atoms with E-state index in [0.717, 1.165) is 4.90 Å². The number of ether oxygens (including phenoxy) is 3. The molecule has 0 spiro atoms. The van der Waals surface area contributed by atoms with E-state index >= 15 is 0 Å². The molecule has 2 aromatic rings. The van der Waals surface area contributed by atoms with E-state index < -0.39 is 29.9 Å². The summed E-state index contributed by atoms with van der Waals surface area (Å²) in [6, 6.07) is 11.2. The van der Waals surface area contributed by atoms with Crippen LogP contribution in [0.2, 0.25) is 0 Å². The Labute approximate surface area is 166 Å². The summed E-state index contributed by atoms with van der Waals surface area (Å²) in [6.07, 6.45) is 0. The van der Waals surface area contributed by atoms with Crippen molar-refractivity contribution in [2.45, 2.75) is 12.5 Å². The molecule has 2 aromatic carbocycles. The molecule has 0 unspecified atom stereocenters. The Morgan fingerprint density at radius 3 is 2.79 bits per heavy atom. The number of benzene rings is 2. The van der Waals surface area contributed by atoms with Crippen molar-refractivity contribution in [3.63, 3.8) is 0 Å². The van der Waals surface area contributed by atoms with Gasteiger partial charge in [-0.05, 0) is 36.8 Å². The smallest absolute Gasteiger partial charge is 0.325 e. The van der Waals surface area contributed by atoms with E-state index in [2.05, 4.69) is 10.6 Å². The van der Waals surface area contributed by atoms with Crippen molar-refractivity contribution < 1.29 is 28.6 Å². The van der Waals surface area contributed by atoms with Gasteiger partial charge in [0, 0.05) is 11.8 Å². The number of imide groups is 1. The maximum Gasteiger partial charge on any atom is 0.325 e. The first kappa shape index (κ1) is 18.6. The molecule has 29 heavy (non-hydrogen) atoms. The Morgan fingerprint density at radius 2 is 2.00 bits per heavy atom. The number of hydrogen-bond donors (Lipinski definition) is 2. The topological polar surface area (TPSA) is 106 Å². The Kier molecular flexibility index (Phi) is 4.50. The highest BCUT2D eigenvalue weighted by Crippen LogP contribution is 2.37. The summed E-state index contributed by atoms with van der Waals surface area (Å²) in [7, 11) is 1.52. The van der Waals surface area contributed by atoms with Gasteiger partial charge in [-0.15, -0.1) is 0 Å². The molecule has 1 saturated heterocycles. The van der Waals surface area contributed by atoms with Crippen LogP contribution in [-0.2, 0) is 15.1 Å². The number of rotatable bonds is 5. The zero-order valence-corrected chi connectivity index (χ0v) is 15.9. The predicted molar refractivity (Wildman–Crippen MR) is 102 cm³/mol. The molecule has 1 atom stereocenters. The van der Waals surface area contributed by atoms with E-state index in [-0.39, 0.29) is 6.79 Å². The summed E-state index contributed by atoms with van der Waals surface area (Å²) in [5, 5.41) is 5.32. The highest BCUT2D eigenvalue weighted by molar-refractivity contribution is 6.10. The van der Waals surface area contributed by atoms with E-state index in [4.69, 9.17) is 14.2 Å². The SMILES string of the molecule is COc1cccc(NC(=O)CN2C(=O)N[C@](C)(c3ccc4c(c3)OCO4)C2=O)c1. The van der Waals surface area contributed by atoms with Gasteiger partial charge in [0.1, 0.15) is 17.8 Å². The molecule has 2 aliphatic heterocycles. The molecule has 0 bridgehead atoms. The van der Waals surface area contributed by atoms with Gasteiger partial charge < -0.3 is 24.8 Å². The van der Waals surface area contributed by atoms with Gasteiger partial charge in [-0.1, -0.05) is 12.1 Å². The number of amides is 4. The molecule has 1 fully saturated rings. The Hall–Kier alpha value is -3.75. The Balaban J connectivity index is 1.49. The van der Waals surface area contributed by atoms with E-state index in [1.165, 1.54) is 7.11 Å². The minimum atomic E-state index is -1.31. The van der Waals surface area contributed by atoms with Crippen molar-refractivity contribution >= 4 is 23.5 Å². The zero-order chi connectivity index (χ0) is 20.6. The van der Waals surface area contributed by atoms with Crippen molar-refractivity contribution in [3.8, 4) is 17.2 Å². The molecule has 0 radical (unpaired) electrons. The lowest BCUT2D eigenvalue weighted by atomic mass is 9.91. The van der Waals surface area contributed by atoms with E-state index in [9.17, 15) is 14.4 Å². The first-order chi connectivity index (χ1) is 13.9. The molecule has 9 nitrogen and oxygen atoms in total. The second kappa shape index (κ2) is 7.01. The molecular formula is C20H19N3O6. The molecule has 4 amide bonds. The van der Waals surface area contributed by atoms with Gasteiger partial charge in [-0.3, -0.25) is 14.5 Å². The van der Waals surface area contributed by atoms with Crippen LogP contribution in [0.25, 0.3) is 0 Å². The fraction of sp³-hybridized carbons (Fsp3) is 0.250. The fourth-order valence-corrected chi connectivity index (χ4v) is 3.29. The summed E-state index contributed by atoms with van der Waals surface area (Å²) in [4.78, 5) is 38.7. The number of carbonyl (C=O) groups excluding carboxylic acids is 3. The molecule has 0 aromatic heterocycles.